The lowest BCUT2D eigenvalue weighted by Gasteiger charge is -2.24. The molecule has 0 saturated carbocycles. The van der Waals surface area contributed by atoms with Gasteiger partial charge in [-0.15, -0.1) is 0 Å². The average molecular weight is 257 g/mol. The molecular weight excluding hydrogens is 240 g/mol. The van der Waals surface area contributed by atoms with Crippen LogP contribution in [0.25, 0.3) is 0 Å². The zero-order valence-electron chi connectivity index (χ0n) is 10.5. The summed E-state index contributed by atoms with van der Waals surface area (Å²) >= 11 is 6.02. The number of carboxylic acid groups (broad SMARTS) is 1. The molecule has 1 N–H and O–H groups in total. The van der Waals surface area contributed by atoms with Crippen molar-refractivity contribution in [1.29, 1.82) is 0 Å². The highest BCUT2D eigenvalue weighted by molar-refractivity contribution is 6.30. The van der Waals surface area contributed by atoms with Gasteiger partial charge in [0.1, 0.15) is 5.75 Å². The van der Waals surface area contributed by atoms with Crippen LogP contribution in [-0.2, 0) is 16.6 Å². The molecule has 0 heterocycles. The van der Waals surface area contributed by atoms with Crippen molar-refractivity contribution in [2.45, 2.75) is 32.6 Å². The predicted octanol–water partition coefficient (Wildman–Crippen LogP) is 3.27. The lowest BCUT2D eigenvalue weighted by atomic mass is 9.85. The summed E-state index contributed by atoms with van der Waals surface area (Å²) < 4.78 is 5.34. The quantitative estimate of drug-likeness (QED) is 0.903. The Balaban J connectivity index is 3.40. The lowest BCUT2D eigenvalue weighted by Crippen LogP contribution is -2.15. The molecule has 4 heteroatoms. The summed E-state index contributed by atoms with van der Waals surface area (Å²) in [6.45, 7) is 6.10. The Morgan fingerprint density at radius 3 is 2.41 bits per heavy atom. The number of hydrogen-bond acceptors (Lipinski definition) is 2. The Morgan fingerprint density at radius 1 is 1.41 bits per heavy atom. The van der Waals surface area contributed by atoms with Gasteiger partial charge < -0.3 is 9.84 Å². The molecule has 0 aliphatic heterocycles. The van der Waals surface area contributed by atoms with Crippen molar-refractivity contribution in [1.82, 2.24) is 0 Å². The fourth-order valence-corrected chi connectivity index (χ4v) is 1.98. The number of carbonyl (C=O) groups is 1. The first kappa shape index (κ1) is 13.8. The molecule has 94 valence electrons. The molecule has 0 fully saturated rings. The monoisotopic (exact) mass is 256 g/mol. The van der Waals surface area contributed by atoms with Gasteiger partial charge in [-0.05, 0) is 17.5 Å². The molecule has 1 aromatic rings. The van der Waals surface area contributed by atoms with Crippen LogP contribution in [0, 0.1) is 0 Å². The topological polar surface area (TPSA) is 46.5 Å². The third-order valence-corrected chi connectivity index (χ3v) is 2.70. The highest BCUT2D eigenvalue weighted by Gasteiger charge is 2.22. The van der Waals surface area contributed by atoms with Crippen LogP contribution in [-0.4, -0.2) is 18.2 Å². The predicted molar refractivity (Wildman–Crippen MR) is 68.0 cm³/mol. The smallest absolute Gasteiger partial charge is 0.307 e. The lowest BCUT2D eigenvalue weighted by molar-refractivity contribution is -0.136. The van der Waals surface area contributed by atoms with Gasteiger partial charge in [-0.3, -0.25) is 4.79 Å². The number of ether oxygens (including phenoxy) is 1. The van der Waals surface area contributed by atoms with E-state index in [1.807, 2.05) is 26.8 Å². The van der Waals surface area contributed by atoms with Gasteiger partial charge in [0, 0.05) is 16.1 Å². The zero-order valence-corrected chi connectivity index (χ0v) is 11.3. The van der Waals surface area contributed by atoms with Crippen LogP contribution in [0.2, 0.25) is 5.02 Å². The van der Waals surface area contributed by atoms with Crippen molar-refractivity contribution in [3.05, 3.63) is 28.3 Å². The molecule has 3 nitrogen and oxygen atoms in total. The van der Waals surface area contributed by atoms with Crippen LogP contribution in [0.4, 0.5) is 0 Å². The SMILES string of the molecule is COc1c(CC(=O)O)cc(Cl)cc1C(C)(C)C. The fourth-order valence-electron chi connectivity index (χ4n) is 1.74. The van der Waals surface area contributed by atoms with Gasteiger partial charge in [0.2, 0.25) is 0 Å². The second kappa shape index (κ2) is 4.96. The highest BCUT2D eigenvalue weighted by atomic mass is 35.5. The molecule has 0 spiro atoms. The Labute approximate surface area is 106 Å². The zero-order chi connectivity index (χ0) is 13.2. The number of halogens is 1. The van der Waals surface area contributed by atoms with Crippen LogP contribution in [0.1, 0.15) is 31.9 Å². The minimum Gasteiger partial charge on any atom is -0.496 e. The van der Waals surface area contributed by atoms with Gasteiger partial charge >= 0.3 is 5.97 Å². The number of rotatable bonds is 3. The molecule has 0 atom stereocenters. The summed E-state index contributed by atoms with van der Waals surface area (Å²) in [4.78, 5) is 10.8. The van der Waals surface area contributed by atoms with Gasteiger partial charge in [0.05, 0.1) is 13.5 Å². The average Bonchev–Trinajstić information content (AvgIpc) is 2.14. The van der Waals surface area contributed by atoms with Gasteiger partial charge in [-0.2, -0.15) is 0 Å². The molecule has 17 heavy (non-hydrogen) atoms. The van der Waals surface area contributed by atoms with E-state index in [4.69, 9.17) is 21.4 Å². The summed E-state index contributed by atoms with van der Waals surface area (Å²) in [6.07, 6.45) is -0.0905. The van der Waals surface area contributed by atoms with E-state index < -0.39 is 5.97 Å². The van der Waals surface area contributed by atoms with E-state index in [-0.39, 0.29) is 11.8 Å². The fraction of sp³-hybridized carbons (Fsp3) is 0.462. The number of aliphatic carboxylic acids is 1. The summed E-state index contributed by atoms with van der Waals surface area (Å²) in [6, 6.07) is 3.47. The second-order valence-corrected chi connectivity index (χ2v) is 5.40. The van der Waals surface area contributed by atoms with Crippen LogP contribution in [0.5, 0.6) is 5.75 Å². The van der Waals surface area contributed by atoms with Crippen LogP contribution in [0.3, 0.4) is 0 Å². The molecule has 0 saturated heterocycles. The summed E-state index contributed by atoms with van der Waals surface area (Å²) in [7, 11) is 1.55. The maximum Gasteiger partial charge on any atom is 0.307 e. The molecule has 0 amide bonds. The number of hydrogen-bond donors (Lipinski definition) is 1. The maximum absolute atomic E-state index is 10.8. The van der Waals surface area contributed by atoms with E-state index in [9.17, 15) is 4.79 Å². The minimum absolute atomic E-state index is 0.0905. The first-order valence-corrected chi connectivity index (χ1v) is 5.72. The van der Waals surface area contributed by atoms with Crippen LogP contribution < -0.4 is 4.74 Å². The Bertz CT molecular complexity index is 433. The molecule has 0 aliphatic rings. The molecule has 0 aliphatic carbocycles. The number of methoxy groups -OCH3 is 1. The van der Waals surface area contributed by atoms with E-state index in [1.54, 1.807) is 13.2 Å². The summed E-state index contributed by atoms with van der Waals surface area (Å²) in [5, 5.41) is 9.41. The van der Waals surface area contributed by atoms with Crippen molar-refractivity contribution < 1.29 is 14.6 Å². The van der Waals surface area contributed by atoms with E-state index in [0.717, 1.165) is 5.56 Å². The maximum atomic E-state index is 10.8. The molecule has 0 aromatic heterocycles. The normalized spacial score (nSPS) is 11.4. The van der Waals surface area contributed by atoms with E-state index in [1.165, 1.54) is 0 Å². The van der Waals surface area contributed by atoms with Gasteiger partial charge in [-0.1, -0.05) is 32.4 Å². The minimum atomic E-state index is -0.898. The first-order chi connectivity index (χ1) is 7.75. The van der Waals surface area contributed by atoms with Crippen molar-refractivity contribution in [3.8, 4) is 5.75 Å². The van der Waals surface area contributed by atoms with E-state index >= 15 is 0 Å². The van der Waals surface area contributed by atoms with Crippen molar-refractivity contribution >= 4 is 17.6 Å². The molecular formula is C13H17ClO3. The molecule has 0 radical (unpaired) electrons. The Morgan fingerprint density at radius 2 is 2.00 bits per heavy atom. The van der Waals surface area contributed by atoms with Gasteiger partial charge in [0.15, 0.2) is 0 Å². The van der Waals surface area contributed by atoms with Crippen LogP contribution >= 0.6 is 11.6 Å². The highest BCUT2D eigenvalue weighted by Crippen LogP contribution is 2.36. The first-order valence-electron chi connectivity index (χ1n) is 5.34. The molecule has 0 unspecified atom stereocenters. The Kier molecular flexibility index (Phi) is 4.04. The standard InChI is InChI=1S/C13H17ClO3/c1-13(2,3)10-7-9(14)5-8(6-11(15)16)12(10)17-4/h5,7H,6H2,1-4H3,(H,15,16). The Hall–Kier alpha value is -1.22. The third kappa shape index (κ3) is 3.37. The van der Waals surface area contributed by atoms with Crippen molar-refractivity contribution in [2.75, 3.05) is 7.11 Å². The largest absolute Gasteiger partial charge is 0.496 e. The summed E-state index contributed by atoms with van der Waals surface area (Å²) in [5.41, 5.74) is 1.38. The molecule has 1 rings (SSSR count). The van der Waals surface area contributed by atoms with Gasteiger partial charge in [-0.25, -0.2) is 0 Å². The second-order valence-electron chi connectivity index (χ2n) is 4.97. The number of carboxylic acids is 1. The summed E-state index contributed by atoms with van der Waals surface area (Å²) in [5.74, 6) is -0.283. The molecule has 0 bridgehead atoms. The van der Waals surface area contributed by atoms with E-state index in [0.29, 0.717) is 16.3 Å². The van der Waals surface area contributed by atoms with Crippen molar-refractivity contribution in [2.24, 2.45) is 0 Å². The van der Waals surface area contributed by atoms with Gasteiger partial charge in [0.25, 0.3) is 0 Å². The van der Waals surface area contributed by atoms with E-state index in [2.05, 4.69) is 0 Å². The number of benzene rings is 1. The van der Waals surface area contributed by atoms with Crippen LogP contribution in [0.15, 0.2) is 12.1 Å². The third-order valence-electron chi connectivity index (χ3n) is 2.48. The molecule has 1 aromatic carbocycles. The van der Waals surface area contributed by atoms with Crippen molar-refractivity contribution in [3.63, 3.8) is 0 Å².